The lowest BCUT2D eigenvalue weighted by Crippen LogP contribution is -2.31. The van der Waals surface area contributed by atoms with Gasteiger partial charge in [0.2, 0.25) is 0 Å². The van der Waals surface area contributed by atoms with Crippen molar-refractivity contribution >= 4 is 38.5 Å². The second-order valence-corrected chi connectivity index (χ2v) is 32.3. The fourth-order valence-corrected chi connectivity index (χ4v) is 16.9. The number of rotatable bonds is 16. The predicted molar refractivity (Wildman–Crippen MR) is 146 cm³/mol. The Morgan fingerprint density at radius 1 is 0.633 bits per heavy atom. The van der Waals surface area contributed by atoms with Gasteiger partial charge in [0.25, 0.3) is 0 Å². The van der Waals surface area contributed by atoms with Crippen molar-refractivity contribution in [1.82, 2.24) is 0 Å². The maximum Gasteiger partial charge on any atom is 0.508 e. The molecule has 0 aliphatic heterocycles. The number of hydrogen-bond donors (Lipinski definition) is 0. The molecular formula is C23H50O3Si4. The van der Waals surface area contributed by atoms with Crippen LogP contribution in [0.5, 0.6) is 0 Å². The summed E-state index contributed by atoms with van der Waals surface area (Å²) in [6.45, 7) is 28.3. The summed E-state index contributed by atoms with van der Waals surface area (Å²) in [7, 11) is -4.86. The van der Waals surface area contributed by atoms with Gasteiger partial charge in [-0.15, -0.1) is 24.6 Å². The fourth-order valence-electron chi connectivity index (χ4n) is 3.23. The molecule has 0 N–H and O–H groups in total. The van der Waals surface area contributed by atoms with Crippen LogP contribution in [-0.2, 0) is 9.47 Å². The van der Waals surface area contributed by atoms with Crippen LogP contribution in [0, 0.1) is 0 Å². The van der Waals surface area contributed by atoms with Crippen LogP contribution in [0.4, 0.5) is 4.79 Å². The lowest BCUT2D eigenvalue weighted by Gasteiger charge is -2.27. The Balaban J connectivity index is 3.95. The summed E-state index contributed by atoms with van der Waals surface area (Å²) in [5.74, 6) is 0. The monoisotopic (exact) mass is 486 g/mol. The van der Waals surface area contributed by atoms with Crippen molar-refractivity contribution in [3.63, 3.8) is 0 Å². The summed E-state index contributed by atoms with van der Waals surface area (Å²) in [6, 6.07) is 7.74. The average molecular weight is 487 g/mol. The molecule has 7 heteroatoms. The first kappa shape index (κ1) is 29.6. The second-order valence-electron chi connectivity index (χ2n) is 11.9. The van der Waals surface area contributed by atoms with E-state index in [-0.39, 0.29) is 0 Å². The molecule has 0 heterocycles. The van der Waals surface area contributed by atoms with E-state index < -0.39 is 38.5 Å². The van der Waals surface area contributed by atoms with Crippen LogP contribution >= 0.6 is 0 Å². The minimum Gasteiger partial charge on any atom is -0.434 e. The highest BCUT2D eigenvalue weighted by Crippen LogP contribution is 2.26. The highest BCUT2D eigenvalue weighted by atomic mass is 28.3. The third kappa shape index (κ3) is 15.4. The van der Waals surface area contributed by atoms with Gasteiger partial charge in [0.05, 0.1) is 29.4 Å². The minimum atomic E-state index is -1.22. The zero-order chi connectivity index (χ0) is 23.5. The van der Waals surface area contributed by atoms with Crippen molar-refractivity contribution in [2.24, 2.45) is 0 Å². The van der Waals surface area contributed by atoms with Gasteiger partial charge in [-0.05, 0) is 12.8 Å². The molecule has 176 valence electrons. The molecule has 0 aromatic rings. The van der Waals surface area contributed by atoms with E-state index in [4.69, 9.17) is 9.47 Å². The molecule has 30 heavy (non-hydrogen) atoms. The average Bonchev–Trinajstić information content (AvgIpc) is 2.66. The molecule has 0 spiro atoms. The molecule has 0 aliphatic carbocycles. The molecule has 0 saturated heterocycles. The van der Waals surface area contributed by atoms with E-state index in [1.54, 1.807) is 0 Å². The molecule has 0 bridgehead atoms. The Kier molecular flexibility index (Phi) is 13.1. The summed E-state index contributed by atoms with van der Waals surface area (Å²) in [6.07, 6.45) is 1.41. The van der Waals surface area contributed by atoms with Crippen molar-refractivity contribution in [1.29, 1.82) is 0 Å². The van der Waals surface area contributed by atoms with Crippen molar-refractivity contribution < 1.29 is 14.3 Å². The Morgan fingerprint density at radius 3 is 1.27 bits per heavy atom. The molecule has 0 rings (SSSR count). The highest BCUT2D eigenvalue weighted by Gasteiger charge is 2.26. The van der Waals surface area contributed by atoms with Crippen LogP contribution in [0.25, 0.3) is 0 Å². The van der Waals surface area contributed by atoms with Gasteiger partial charge >= 0.3 is 6.16 Å². The molecule has 0 aliphatic rings. The Morgan fingerprint density at radius 2 is 0.967 bits per heavy atom. The molecule has 0 atom stereocenters. The topological polar surface area (TPSA) is 35.5 Å². The van der Waals surface area contributed by atoms with Gasteiger partial charge in [0.1, 0.15) is 0 Å². The quantitative estimate of drug-likeness (QED) is 0.125. The summed E-state index contributed by atoms with van der Waals surface area (Å²) in [5.41, 5.74) is 4.40. The van der Waals surface area contributed by atoms with E-state index >= 15 is 0 Å². The maximum atomic E-state index is 11.9. The van der Waals surface area contributed by atoms with Gasteiger partial charge in [0.15, 0.2) is 0 Å². The Bertz CT molecular complexity index is 497. The first-order chi connectivity index (χ1) is 13.6. The van der Waals surface area contributed by atoms with E-state index in [9.17, 15) is 4.79 Å². The molecule has 0 amide bonds. The van der Waals surface area contributed by atoms with Gasteiger partial charge in [-0.3, -0.25) is 0 Å². The standard InChI is InChI=1S/C23H50O3Si4/c1-11-27(3,4)19-21-29(7,8)17-13-15-25-23(24)26-16-14-18-30(9,10)22-20-28(5,6)12-2/h11-12H,1-2,13-22H2,3-10H3. The van der Waals surface area contributed by atoms with E-state index in [0.717, 1.165) is 12.8 Å². The summed E-state index contributed by atoms with van der Waals surface area (Å²) < 4.78 is 10.6. The van der Waals surface area contributed by atoms with Crippen molar-refractivity contribution in [3.05, 3.63) is 24.6 Å². The van der Waals surface area contributed by atoms with E-state index in [0.29, 0.717) is 13.2 Å². The Labute approximate surface area is 191 Å². The molecule has 0 unspecified atom stereocenters. The number of carbonyl (C=O) groups is 1. The smallest absolute Gasteiger partial charge is 0.434 e. The number of hydrogen-bond acceptors (Lipinski definition) is 3. The Hall–Kier alpha value is -0.382. The molecule has 0 radical (unpaired) electrons. The SMILES string of the molecule is C=C[Si](C)(C)CC[Si](C)(C)CCCOC(=O)OCCC[Si](C)(C)CC[Si](C)(C)C=C. The van der Waals surface area contributed by atoms with Crippen LogP contribution in [0.15, 0.2) is 24.6 Å². The summed E-state index contributed by atoms with van der Waals surface area (Å²) >= 11 is 0. The third-order valence-electron chi connectivity index (χ3n) is 6.43. The molecule has 0 fully saturated rings. The zero-order valence-corrected chi connectivity index (χ0v) is 25.4. The van der Waals surface area contributed by atoms with E-state index in [1.165, 1.54) is 36.3 Å². The van der Waals surface area contributed by atoms with Crippen LogP contribution in [0.1, 0.15) is 12.8 Å². The van der Waals surface area contributed by atoms with Gasteiger partial charge in [-0.2, -0.15) is 0 Å². The lowest BCUT2D eigenvalue weighted by molar-refractivity contribution is 0.0553. The van der Waals surface area contributed by atoms with Gasteiger partial charge in [-0.1, -0.05) is 88.6 Å². The van der Waals surface area contributed by atoms with Crippen LogP contribution in [0.2, 0.25) is 88.6 Å². The normalized spacial score (nSPS) is 13.1. The van der Waals surface area contributed by atoms with Crippen molar-refractivity contribution in [2.75, 3.05) is 13.2 Å². The number of ether oxygens (including phenoxy) is 2. The van der Waals surface area contributed by atoms with Gasteiger partial charge in [0, 0.05) is 16.1 Å². The van der Waals surface area contributed by atoms with Gasteiger partial charge < -0.3 is 9.47 Å². The van der Waals surface area contributed by atoms with Crippen LogP contribution in [0.3, 0.4) is 0 Å². The largest absolute Gasteiger partial charge is 0.508 e. The third-order valence-corrected chi connectivity index (χ3v) is 19.3. The van der Waals surface area contributed by atoms with Crippen molar-refractivity contribution in [3.8, 4) is 0 Å². The zero-order valence-electron chi connectivity index (χ0n) is 21.4. The fraction of sp³-hybridized carbons (Fsp3) is 0.783. The first-order valence-electron chi connectivity index (χ1n) is 11.7. The maximum absolute atomic E-state index is 11.9. The summed E-state index contributed by atoms with van der Waals surface area (Å²) in [5, 5.41) is 0. The van der Waals surface area contributed by atoms with Crippen LogP contribution < -0.4 is 0 Å². The van der Waals surface area contributed by atoms with Gasteiger partial charge in [-0.25, -0.2) is 4.79 Å². The van der Waals surface area contributed by atoms with E-state index in [1.807, 2.05) is 0 Å². The lowest BCUT2D eigenvalue weighted by atomic mass is 10.5. The molecule has 3 nitrogen and oxygen atoms in total. The van der Waals surface area contributed by atoms with Crippen molar-refractivity contribution in [2.45, 2.75) is 101 Å². The molecular weight excluding hydrogens is 437 g/mol. The first-order valence-corrected chi connectivity index (χ1v) is 25.1. The summed E-state index contributed by atoms with van der Waals surface area (Å²) in [4.78, 5) is 11.9. The molecule has 0 aromatic heterocycles. The predicted octanol–water partition coefficient (Wildman–Crippen LogP) is 8.20. The second kappa shape index (κ2) is 13.2. The minimum absolute atomic E-state index is 0.485. The number of carbonyl (C=O) groups excluding carboxylic acids is 1. The van der Waals surface area contributed by atoms with Crippen LogP contribution in [-0.4, -0.2) is 51.7 Å². The molecule has 0 aromatic carbocycles. The highest BCUT2D eigenvalue weighted by molar-refractivity contribution is 6.86. The van der Waals surface area contributed by atoms with E-state index in [2.05, 4.69) is 76.9 Å². The molecule has 0 saturated carbocycles.